The van der Waals surface area contributed by atoms with Crippen LogP contribution in [0.3, 0.4) is 0 Å². The van der Waals surface area contributed by atoms with E-state index in [-0.39, 0.29) is 5.91 Å². The van der Waals surface area contributed by atoms with E-state index in [9.17, 15) is 4.79 Å². The highest BCUT2D eigenvalue weighted by molar-refractivity contribution is 5.94. The quantitative estimate of drug-likeness (QED) is 0.725. The van der Waals surface area contributed by atoms with Gasteiger partial charge in [-0.15, -0.1) is 11.7 Å². The maximum Gasteiger partial charge on any atom is 0.253 e. The van der Waals surface area contributed by atoms with E-state index < -0.39 is 0 Å². The Hall–Kier alpha value is -2.70. The average Bonchev–Trinajstić information content (AvgIpc) is 2.99. The lowest BCUT2D eigenvalue weighted by atomic mass is 10.2. The lowest BCUT2D eigenvalue weighted by Crippen LogP contribution is -2.23. The standard InChI is InChI=1S/C13H16N6O/c1-2-5-15-13(20)11-3-4-12(16-10-11)14-6-8-19-9-7-17-18-19/h2-4,7,9-10H,1,5-6,8H2,(H,14,16)(H,15,20). The minimum absolute atomic E-state index is 0.161. The van der Waals surface area contributed by atoms with E-state index in [2.05, 4.69) is 32.5 Å². The van der Waals surface area contributed by atoms with Gasteiger partial charge >= 0.3 is 0 Å². The van der Waals surface area contributed by atoms with Crippen molar-refractivity contribution in [3.63, 3.8) is 0 Å². The van der Waals surface area contributed by atoms with Gasteiger partial charge in [-0.05, 0) is 12.1 Å². The molecule has 0 fully saturated rings. The zero-order valence-electron chi connectivity index (χ0n) is 11.0. The van der Waals surface area contributed by atoms with Gasteiger partial charge in [-0.3, -0.25) is 9.48 Å². The van der Waals surface area contributed by atoms with Crippen molar-refractivity contribution in [2.45, 2.75) is 6.54 Å². The summed E-state index contributed by atoms with van der Waals surface area (Å²) in [5, 5.41) is 13.4. The summed E-state index contributed by atoms with van der Waals surface area (Å²) in [6.07, 6.45) is 6.60. The van der Waals surface area contributed by atoms with Crippen LogP contribution in [0.15, 0.2) is 43.4 Å². The van der Waals surface area contributed by atoms with Gasteiger partial charge in [-0.2, -0.15) is 0 Å². The van der Waals surface area contributed by atoms with Crippen molar-refractivity contribution in [2.75, 3.05) is 18.4 Å². The molecular formula is C13H16N6O. The second-order valence-corrected chi connectivity index (χ2v) is 4.02. The molecule has 2 heterocycles. The lowest BCUT2D eigenvalue weighted by Gasteiger charge is -2.06. The fourth-order valence-electron chi connectivity index (χ4n) is 1.55. The number of hydrogen-bond acceptors (Lipinski definition) is 5. The zero-order chi connectivity index (χ0) is 14.2. The number of rotatable bonds is 7. The van der Waals surface area contributed by atoms with E-state index in [0.29, 0.717) is 31.0 Å². The van der Waals surface area contributed by atoms with Gasteiger partial charge in [0.1, 0.15) is 5.82 Å². The maximum atomic E-state index is 11.6. The highest BCUT2D eigenvalue weighted by Gasteiger charge is 2.04. The molecular weight excluding hydrogens is 256 g/mol. The van der Waals surface area contributed by atoms with Crippen LogP contribution in [0.5, 0.6) is 0 Å². The number of amides is 1. The molecule has 7 nitrogen and oxygen atoms in total. The van der Waals surface area contributed by atoms with Crippen molar-refractivity contribution in [1.82, 2.24) is 25.3 Å². The van der Waals surface area contributed by atoms with Gasteiger partial charge in [0.05, 0.1) is 18.3 Å². The van der Waals surface area contributed by atoms with Crippen LogP contribution in [0.2, 0.25) is 0 Å². The molecule has 2 rings (SSSR count). The second-order valence-electron chi connectivity index (χ2n) is 4.02. The molecule has 0 aliphatic carbocycles. The van der Waals surface area contributed by atoms with Crippen LogP contribution in [-0.4, -0.2) is 39.0 Å². The molecule has 0 aliphatic rings. The summed E-state index contributed by atoms with van der Waals surface area (Å²) in [4.78, 5) is 15.8. The second kappa shape index (κ2) is 7.03. The molecule has 0 bridgehead atoms. The number of anilines is 1. The third-order valence-electron chi connectivity index (χ3n) is 2.55. The Kier molecular flexibility index (Phi) is 4.82. The first kappa shape index (κ1) is 13.7. The Morgan fingerprint density at radius 1 is 1.45 bits per heavy atom. The number of aromatic nitrogens is 4. The van der Waals surface area contributed by atoms with Crippen LogP contribution in [0.4, 0.5) is 5.82 Å². The molecule has 0 saturated heterocycles. The van der Waals surface area contributed by atoms with Crippen molar-refractivity contribution in [3.05, 3.63) is 48.9 Å². The first-order valence-corrected chi connectivity index (χ1v) is 6.22. The summed E-state index contributed by atoms with van der Waals surface area (Å²) in [5.41, 5.74) is 0.522. The molecule has 0 atom stereocenters. The molecule has 2 aromatic rings. The Balaban J connectivity index is 1.81. The van der Waals surface area contributed by atoms with Gasteiger partial charge < -0.3 is 10.6 Å². The Labute approximate surface area is 116 Å². The molecule has 20 heavy (non-hydrogen) atoms. The smallest absolute Gasteiger partial charge is 0.253 e. The monoisotopic (exact) mass is 272 g/mol. The Bertz CT molecular complexity index is 549. The van der Waals surface area contributed by atoms with Crippen molar-refractivity contribution >= 4 is 11.7 Å². The summed E-state index contributed by atoms with van der Waals surface area (Å²) in [7, 11) is 0. The SMILES string of the molecule is C=CCNC(=O)c1ccc(NCCn2ccnn2)nc1. The fraction of sp³-hybridized carbons (Fsp3) is 0.231. The summed E-state index contributed by atoms with van der Waals surface area (Å²) in [6, 6.07) is 3.49. The van der Waals surface area contributed by atoms with Crippen LogP contribution in [0, 0.1) is 0 Å². The van der Waals surface area contributed by atoms with E-state index in [4.69, 9.17) is 0 Å². The predicted octanol–water partition coefficient (Wildman–Crippen LogP) is 0.701. The first-order valence-electron chi connectivity index (χ1n) is 6.22. The van der Waals surface area contributed by atoms with Crippen molar-refractivity contribution < 1.29 is 4.79 Å². The third kappa shape index (κ3) is 3.91. The highest BCUT2D eigenvalue weighted by Crippen LogP contribution is 2.04. The minimum atomic E-state index is -0.161. The number of hydrogen-bond donors (Lipinski definition) is 2. The lowest BCUT2D eigenvalue weighted by molar-refractivity contribution is 0.0957. The summed E-state index contributed by atoms with van der Waals surface area (Å²) in [6.45, 7) is 5.36. The summed E-state index contributed by atoms with van der Waals surface area (Å²) >= 11 is 0. The van der Waals surface area contributed by atoms with Crippen LogP contribution in [0.1, 0.15) is 10.4 Å². The van der Waals surface area contributed by atoms with Gasteiger partial charge in [0, 0.05) is 25.5 Å². The molecule has 0 saturated carbocycles. The van der Waals surface area contributed by atoms with Crippen LogP contribution in [-0.2, 0) is 6.54 Å². The van der Waals surface area contributed by atoms with E-state index in [0.717, 1.165) is 0 Å². The number of nitrogens with zero attached hydrogens (tertiary/aromatic N) is 4. The van der Waals surface area contributed by atoms with Crippen molar-refractivity contribution in [3.8, 4) is 0 Å². The van der Waals surface area contributed by atoms with E-state index in [1.54, 1.807) is 35.3 Å². The Morgan fingerprint density at radius 3 is 3.00 bits per heavy atom. The zero-order valence-corrected chi connectivity index (χ0v) is 11.0. The molecule has 2 aromatic heterocycles. The molecule has 2 N–H and O–H groups in total. The van der Waals surface area contributed by atoms with Crippen LogP contribution in [0.25, 0.3) is 0 Å². The van der Waals surface area contributed by atoms with Crippen molar-refractivity contribution in [2.24, 2.45) is 0 Å². The normalized spacial score (nSPS) is 10.0. The topological polar surface area (TPSA) is 84.7 Å². The molecule has 1 amide bonds. The largest absolute Gasteiger partial charge is 0.368 e. The number of pyridine rings is 1. The van der Waals surface area contributed by atoms with E-state index in [1.807, 2.05) is 0 Å². The molecule has 0 unspecified atom stereocenters. The van der Waals surface area contributed by atoms with Crippen LogP contribution >= 0.6 is 0 Å². The minimum Gasteiger partial charge on any atom is -0.368 e. The van der Waals surface area contributed by atoms with Gasteiger partial charge in [0.2, 0.25) is 0 Å². The van der Waals surface area contributed by atoms with Gasteiger partial charge in [0.25, 0.3) is 5.91 Å². The summed E-state index contributed by atoms with van der Waals surface area (Å²) < 4.78 is 1.73. The van der Waals surface area contributed by atoms with Crippen molar-refractivity contribution in [1.29, 1.82) is 0 Å². The summed E-state index contributed by atoms with van der Waals surface area (Å²) in [5.74, 6) is 0.553. The molecule has 0 spiro atoms. The molecule has 7 heteroatoms. The van der Waals surface area contributed by atoms with E-state index >= 15 is 0 Å². The van der Waals surface area contributed by atoms with E-state index in [1.165, 1.54) is 6.20 Å². The number of carbonyl (C=O) groups excluding carboxylic acids is 1. The molecule has 0 aliphatic heterocycles. The number of nitrogens with one attached hydrogen (secondary N) is 2. The molecule has 0 radical (unpaired) electrons. The molecule has 0 aromatic carbocycles. The van der Waals surface area contributed by atoms with Gasteiger partial charge in [0.15, 0.2) is 0 Å². The fourth-order valence-corrected chi connectivity index (χ4v) is 1.55. The predicted molar refractivity (Wildman–Crippen MR) is 75.3 cm³/mol. The van der Waals surface area contributed by atoms with Crippen LogP contribution < -0.4 is 10.6 Å². The third-order valence-corrected chi connectivity index (χ3v) is 2.55. The number of carbonyl (C=O) groups is 1. The van der Waals surface area contributed by atoms with Gasteiger partial charge in [-0.1, -0.05) is 11.3 Å². The molecule has 104 valence electrons. The highest BCUT2D eigenvalue weighted by atomic mass is 16.1. The first-order chi connectivity index (χ1) is 9.79. The average molecular weight is 272 g/mol. The van der Waals surface area contributed by atoms with Gasteiger partial charge in [-0.25, -0.2) is 4.98 Å². The maximum absolute atomic E-state index is 11.6. The Morgan fingerprint density at radius 2 is 2.35 bits per heavy atom.